The van der Waals surface area contributed by atoms with E-state index in [0.717, 1.165) is 5.69 Å². The molecule has 15 heavy (non-hydrogen) atoms. The molecule has 1 heterocycles. The molecule has 0 radical (unpaired) electrons. The minimum absolute atomic E-state index is 0.0608. The SMILES string of the molecule is C=CN1CCNC(=O)c2ccc(N)cc21. The third-order valence-corrected chi connectivity index (χ3v) is 2.43. The number of anilines is 2. The third-order valence-electron chi connectivity index (χ3n) is 2.43. The average molecular weight is 203 g/mol. The van der Waals surface area contributed by atoms with Gasteiger partial charge in [-0.3, -0.25) is 4.79 Å². The van der Waals surface area contributed by atoms with Crippen LogP contribution in [-0.2, 0) is 0 Å². The fourth-order valence-electron chi connectivity index (χ4n) is 1.67. The lowest BCUT2D eigenvalue weighted by molar-refractivity contribution is 0.0958. The number of hydrogen-bond acceptors (Lipinski definition) is 3. The first-order valence-electron chi connectivity index (χ1n) is 4.79. The van der Waals surface area contributed by atoms with Crippen LogP contribution < -0.4 is 16.0 Å². The van der Waals surface area contributed by atoms with Crippen LogP contribution in [0, 0.1) is 0 Å². The molecule has 0 fully saturated rings. The highest BCUT2D eigenvalue weighted by atomic mass is 16.1. The van der Waals surface area contributed by atoms with Gasteiger partial charge in [0.15, 0.2) is 0 Å². The van der Waals surface area contributed by atoms with Crippen LogP contribution in [0.1, 0.15) is 10.4 Å². The monoisotopic (exact) mass is 203 g/mol. The van der Waals surface area contributed by atoms with Crippen LogP contribution >= 0.6 is 0 Å². The van der Waals surface area contributed by atoms with E-state index >= 15 is 0 Å². The smallest absolute Gasteiger partial charge is 0.253 e. The first-order chi connectivity index (χ1) is 7.22. The maximum Gasteiger partial charge on any atom is 0.253 e. The Hall–Kier alpha value is -1.97. The van der Waals surface area contributed by atoms with Crippen LogP contribution in [0.15, 0.2) is 31.0 Å². The zero-order valence-corrected chi connectivity index (χ0v) is 8.36. The molecular weight excluding hydrogens is 190 g/mol. The summed E-state index contributed by atoms with van der Waals surface area (Å²) >= 11 is 0. The molecule has 2 rings (SSSR count). The van der Waals surface area contributed by atoms with Crippen LogP contribution in [0.4, 0.5) is 11.4 Å². The highest BCUT2D eigenvalue weighted by Gasteiger charge is 2.18. The summed E-state index contributed by atoms with van der Waals surface area (Å²) in [7, 11) is 0. The standard InChI is InChI=1S/C11H13N3O/c1-2-14-6-5-13-11(15)9-4-3-8(12)7-10(9)14/h2-4,7H,1,5-6,12H2,(H,13,15). The molecule has 0 aromatic heterocycles. The molecule has 0 spiro atoms. The van der Waals surface area contributed by atoms with E-state index in [-0.39, 0.29) is 5.91 Å². The van der Waals surface area contributed by atoms with E-state index in [2.05, 4.69) is 11.9 Å². The van der Waals surface area contributed by atoms with E-state index in [4.69, 9.17) is 5.73 Å². The number of nitrogens with zero attached hydrogens (tertiary/aromatic N) is 1. The lowest BCUT2D eigenvalue weighted by Gasteiger charge is -2.19. The van der Waals surface area contributed by atoms with Gasteiger partial charge in [0.2, 0.25) is 0 Å². The Kier molecular flexibility index (Phi) is 2.33. The zero-order chi connectivity index (χ0) is 10.8. The van der Waals surface area contributed by atoms with E-state index < -0.39 is 0 Å². The number of hydrogen-bond donors (Lipinski definition) is 2. The number of rotatable bonds is 1. The van der Waals surface area contributed by atoms with Crippen molar-refractivity contribution >= 4 is 17.3 Å². The fraction of sp³-hybridized carbons (Fsp3) is 0.182. The van der Waals surface area contributed by atoms with Gasteiger partial charge in [-0.2, -0.15) is 0 Å². The molecule has 0 unspecified atom stereocenters. The molecule has 0 saturated heterocycles. The van der Waals surface area contributed by atoms with E-state index in [0.29, 0.717) is 24.3 Å². The first kappa shape index (κ1) is 9.58. The molecule has 4 nitrogen and oxygen atoms in total. The molecule has 1 aromatic rings. The highest BCUT2D eigenvalue weighted by Crippen LogP contribution is 2.25. The first-order valence-corrected chi connectivity index (χ1v) is 4.79. The zero-order valence-electron chi connectivity index (χ0n) is 8.36. The van der Waals surface area contributed by atoms with Crippen molar-refractivity contribution in [1.82, 2.24) is 5.32 Å². The summed E-state index contributed by atoms with van der Waals surface area (Å²) in [6.07, 6.45) is 1.71. The maximum absolute atomic E-state index is 11.7. The Bertz CT molecular complexity index is 414. The summed E-state index contributed by atoms with van der Waals surface area (Å²) in [5.41, 5.74) is 7.81. The van der Waals surface area contributed by atoms with Crippen LogP contribution in [-0.4, -0.2) is 19.0 Å². The molecule has 1 amide bonds. The Morgan fingerprint density at radius 3 is 3.07 bits per heavy atom. The molecule has 4 heteroatoms. The van der Waals surface area contributed by atoms with Crippen molar-refractivity contribution in [2.75, 3.05) is 23.7 Å². The largest absolute Gasteiger partial charge is 0.399 e. The van der Waals surface area contributed by atoms with Crippen LogP contribution in [0.5, 0.6) is 0 Å². The molecule has 0 atom stereocenters. The summed E-state index contributed by atoms with van der Waals surface area (Å²) < 4.78 is 0. The Balaban J connectivity index is 2.56. The number of carbonyl (C=O) groups is 1. The summed E-state index contributed by atoms with van der Waals surface area (Å²) in [6.45, 7) is 5.05. The highest BCUT2D eigenvalue weighted by molar-refractivity contribution is 6.01. The predicted molar refractivity (Wildman–Crippen MR) is 60.7 cm³/mol. The summed E-state index contributed by atoms with van der Waals surface area (Å²) in [6, 6.07) is 5.26. The topological polar surface area (TPSA) is 58.4 Å². The van der Waals surface area contributed by atoms with Gasteiger partial charge in [-0.1, -0.05) is 6.58 Å². The van der Waals surface area contributed by atoms with Gasteiger partial charge >= 0.3 is 0 Å². The molecule has 0 aliphatic carbocycles. The summed E-state index contributed by atoms with van der Waals surface area (Å²) in [5.74, 6) is -0.0608. The second-order valence-corrected chi connectivity index (χ2v) is 3.41. The van der Waals surface area contributed by atoms with Crippen molar-refractivity contribution in [2.45, 2.75) is 0 Å². The minimum atomic E-state index is -0.0608. The lowest BCUT2D eigenvalue weighted by Crippen LogP contribution is -2.26. The number of carbonyl (C=O) groups excluding carboxylic acids is 1. The van der Waals surface area contributed by atoms with Gasteiger partial charge in [0.1, 0.15) is 0 Å². The van der Waals surface area contributed by atoms with Gasteiger partial charge in [0, 0.05) is 18.8 Å². The Morgan fingerprint density at radius 1 is 1.53 bits per heavy atom. The number of fused-ring (bicyclic) bond motifs is 1. The van der Waals surface area contributed by atoms with Crippen molar-refractivity contribution in [2.24, 2.45) is 0 Å². The number of benzene rings is 1. The second-order valence-electron chi connectivity index (χ2n) is 3.41. The lowest BCUT2D eigenvalue weighted by atomic mass is 10.1. The van der Waals surface area contributed by atoms with Crippen LogP contribution in [0.3, 0.4) is 0 Å². The molecule has 1 aliphatic rings. The van der Waals surface area contributed by atoms with Crippen molar-refractivity contribution in [3.8, 4) is 0 Å². The number of nitrogens with one attached hydrogen (secondary N) is 1. The minimum Gasteiger partial charge on any atom is -0.399 e. The molecule has 78 valence electrons. The third kappa shape index (κ3) is 1.66. The number of nitrogens with two attached hydrogens (primary N) is 1. The molecule has 0 bridgehead atoms. The average Bonchev–Trinajstić information content (AvgIpc) is 2.38. The normalized spacial score (nSPS) is 15.2. The van der Waals surface area contributed by atoms with E-state index in [1.165, 1.54) is 0 Å². The number of nitrogen functional groups attached to an aromatic ring is 1. The van der Waals surface area contributed by atoms with Gasteiger partial charge < -0.3 is 16.0 Å². The summed E-state index contributed by atoms with van der Waals surface area (Å²) in [4.78, 5) is 13.6. The van der Waals surface area contributed by atoms with Gasteiger partial charge in [-0.15, -0.1) is 0 Å². The van der Waals surface area contributed by atoms with Gasteiger partial charge in [0.05, 0.1) is 11.3 Å². The predicted octanol–water partition coefficient (Wildman–Crippen LogP) is 0.962. The van der Waals surface area contributed by atoms with Crippen molar-refractivity contribution in [3.63, 3.8) is 0 Å². The van der Waals surface area contributed by atoms with Crippen molar-refractivity contribution in [3.05, 3.63) is 36.5 Å². The quantitative estimate of drug-likeness (QED) is 0.668. The molecule has 1 aromatic carbocycles. The van der Waals surface area contributed by atoms with E-state index in [1.807, 2.05) is 4.90 Å². The van der Waals surface area contributed by atoms with Crippen LogP contribution in [0.25, 0.3) is 0 Å². The fourth-order valence-corrected chi connectivity index (χ4v) is 1.67. The Morgan fingerprint density at radius 2 is 2.33 bits per heavy atom. The maximum atomic E-state index is 11.7. The number of amides is 1. The van der Waals surface area contributed by atoms with Crippen molar-refractivity contribution in [1.29, 1.82) is 0 Å². The van der Waals surface area contributed by atoms with Gasteiger partial charge in [-0.25, -0.2) is 0 Å². The van der Waals surface area contributed by atoms with Gasteiger partial charge in [0.25, 0.3) is 5.91 Å². The Labute approximate surface area is 88.4 Å². The summed E-state index contributed by atoms with van der Waals surface area (Å²) in [5, 5.41) is 2.82. The molecule has 3 N–H and O–H groups in total. The van der Waals surface area contributed by atoms with Gasteiger partial charge in [-0.05, 0) is 24.4 Å². The van der Waals surface area contributed by atoms with Crippen LogP contribution in [0.2, 0.25) is 0 Å². The molecular formula is C11H13N3O. The van der Waals surface area contributed by atoms with Crippen molar-refractivity contribution < 1.29 is 4.79 Å². The second kappa shape index (κ2) is 3.65. The molecule has 1 aliphatic heterocycles. The molecule has 0 saturated carbocycles. The van der Waals surface area contributed by atoms with E-state index in [1.54, 1.807) is 24.4 Å². The van der Waals surface area contributed by atoms with E-state index in [9.17, 15) is 4.79 Å².